The van der Waals surface area contributed by atoms with Crippen molar-refractivity contribution in [3.05, 3.63) is 64.7 Å². The molecule has 0 bridgehead atoms. The second kappa shape index (κ2) is 7.94. The zero-order valence-corrected chi connectivity index (χ0v) is 14.2. The fourth-order valence-electron chi connectivity index (χ4n) is 3.14. The summed E-state index contributed by atoms with van der Waals surface area (Å²) in [5.74, 6) is -0.445. The van der Waals surface area contributed by atoms with Crippen LogP contribution in [0.15, 0.2) is 42.5 Å². The molecule has 0 spiro atoms. The number of carbonyl (C=O) groups excluding carboxylic acids is 2. The number of rotatable bonds is 5. The molecule has 25 heavy (non-hydrogen) atoms. The summed E-state index contributed by atoms with van der Waals surface area (Å²) in [6.07, 6.45) is 4.49. The van der Waals surface area contributed by atoms with Crippen molar-refractivity contribution >= 4 is 17.5 Å². The van der Waals surface area contributed by atoms with Crippen molar-refractivity contribution in [2.24, 2.45) is 5.73 Å². The van der Waals surface area contributed by atoms with E-state index < -0.39 is 0 Å². The Balaban J connectivity index is 1.78. The number of benzene rings is 2. The number of amides is 2. The number of aryl methyl sites for hydroxylation is 2. The average Bonchev–Trinajstić information content (AvgIpc) is 2.66. The summed E-state index contributed by atoms with van der Waals surface area (Å²) < 4.78 is 0. The number of carbonyl (C=O) groups is 2. The number of nitrogens with two attached hydrogens (primary N) is 1. The molecule has 0 atom stereocenters. The molecule has 4 N–H and O–H groups in total. The molecule has 0 aliphatic heterocycles. The maximum absolute atomic E-state index is 12.6. The molecule has 2 aromatic carbocycles. The second-order valence-corrected chi connectivity index (χ2v) is 6.23. The van der Waals surface area contributed by atoms with Crippen molar-refractivity contribution in [3.8, 4) is 0 Å². The topological polar surface area (TPSA) is 84.2 Å². The molecule has 0 fully saturated rings. The smallest absolute Gasteiger partial charge is 0.255 e. The highest BCUT2D eigenvalue weighted by molar-refractivity contribution is 6.09. The van der Waals surface area contributed by atoms with Crippen LogP contribution in [0, 0.1) is 0 Å². The Bertz CT molecular complexity index is 786. The van der Waals surface area contributed by atoms with E-state index in [1.54, 1.807) is 24.3 Å². The lowest BCUT2D eigenvalue weighted by Crippen LogP contribution is -2.30. The minimum Gasteiger partial charge on any atom is -0.351 e. The van der Waals surface area contributed by atoms with Gasteiger partial charge in [-0.15, -0.1) is 0 Å². The van der Waals surface area contributed by atoms with Gasteiger partial charge in [-0.05, 0) is 61.1 Å². The third-order valence-electron chi connectivity index (χ3n) is 4.46. The minimum atomic E-state index is -0.244. The van der Waals surface area contributed by atoms with Crippen LogP contribution >= 0.6 is 0 Å². The lowest BCUT2D eigenvalue weighted by atomic mass is 9.90. The first kappa shape index (κ1) is 17.2. The van der Waals surface area contributed by atoms with Crippen LogP contribution in [-0.4, -0.2) is 24.9 Å². The molecule has 2 aromatic rings. The van der Waals surface area contributed by atoms with Crippen molar-refractivity contribution in [1.82, 2.24) is 5.32 Å². The predicted octanol–water partition coefficient (Wildman–Crippen LogP) is 2.51. The minimum absolute atomic E-state index is 0.201. The normalized spacial score (nSPS) is 13.0. The van der Waals surface area contributed by atoms with E-state index in [9.17, 15) is 9.59 Å². The van der Waals surface area contributed by atoms with Gasteiger partial charge in [0.25, 0.3) is 11.8 Å². The fourth-order valence-corrected chi connectivity index (χ4v) is 3.14. The molecule has 5 nitrogen and oxygen atoms in total. The summed E-state index contributed by atoms with van der Waals surface area (Å²) in [6, 6.07) is 12.9. The van der Waals surface area contributed by atoms with E-state index in [1.165, 1.54) is 24.0 Å². The molecule has 0 aromatic heterocycles. The monoisotopic (exact) mass is 337 g/mol. The summed E-state index contributed by atoms with van der Waals surface area (Å²) in [5.41, 5.74) is 9.57. The Morgan fingerprint density at radius 3 is 2.52 bits per heavy atom. The summed E-state index contributed by atoms with van der Waals surface area (Å²) in [7, 11) is 0. The number of nitrogens with one attached hydrogen (secondary N) is 2. The molecule has 0 heterocycles. The standard InChI is InChI=1S/C20H23N3O2/c21-11-12-22-20(25)17-7-3-4-8-18(17)23-19(24)16-10-9-14-5-1-2-6-15(14)13-16/h3-4,7-10,13H,1-2,5-6,11-12,21H2,(H,22,25)(H,23,24). The Morgan fingerprint density at radius 1 is 0.960 bits per heavy atom. The lowest BCUT2D eigenvalue weighted by Gasteiger charge is -2.17. The maximum Gasteiger partial charge on any atom is 0.255 e. The van der Waals surface area contributed by atoms with Crippen LogP contribution < -0.4 is 16.4 Å². The van der Waals surface area contributed by atoms with E-state index in [2.05, 4.69) is 10.6 Å². The second-order valence-electron chi connectivity index (χ2n) is 6.23. The van der Waals surface area contributed by atoms with Gasteiger partial charge in [0.2, 0.25) is 0 Å². The Kier molecular flexibility index (Phi) is 5.46. The third kappa shape index (κ3) is 4.06. The highest BCUT2D eigenvalue weighted by Crippen LogP contribution is 2.23. The summed E-state index contributed by atoms with van der Waals surface area (Å²) in [6.45, 7) is 0.765. The first-order valence-corrected chi connectivity index (χ1v) is 8.69. The van der Waals surface area contributed by atoms with Crippen LogP contribution in [0.25, 0.3) is 0 Å². The van der Waals surface area contributed by atoms with Gasteiger partial charge in [-0.1, -0.05) is 18.2 Å². The first-order valence-electron chi connectivity index (χ1n) is 8.69. The molecule has 1 aliphatic carbocycles. The van der Waals surface area contributed by atoms with E-state index in [4.69, 9.17) is 5.73 Å². The predicted molar refractivity (Wildman–Crippen MR) is 98.9 cm³/mol. The number of hydrogen-bond donors (Lipinski definition) is 3. The van der Waals surface area contributed by atoms with Crippen molar-refractivity contribution in [3.63, 3.8) is 0 Å². The van der Waals surface area contributed by atoms with Crippen molar-refractivity contribution < 1.29 is 9.59 Å². The molecule has 0 saturated carbocycles. The fraction of sp³-hybridized carbons (Fsp3) is 0.300. The Morgan fingerprint density at radius 2 is 1.72 bits per heavy atom. The van der Waals surface area contributed by atoms with Gasteiger partial charge < -0.3 is 16.4 Å². The molecule has 2 amide bonds. The van der Waals surface area contributed by atoms with E-state index in [0.717, 1.165) is 12.8 Å². The molecule has 3 rings (SSSR count). The highest BCUT2D eigenvalue weighted by atomic mass is 16.2. The molecular weight excluding hydrogens is 314 g/mol. The van der Waals surface area contributed by atoms with Gasteiger partial charge in [-0.2, -0.15) is 0 Å². The van der Waals surface area contributed by atoms with Crippen LogP contribution in [0.1, 0.15) is 44.7 Å². The lowest BCUT2D eigenvalue weighted by molar-refractivity contribution is 0.0955. The first-order chi connectivity index (χ1) is 12.2. The van der Waals surface area contributed by atoms with Crippen LogP contribution in [0.4, 0.5) is 5.69 Å². The van der Waals surface area contributed by atoms with Gasteiger partial charge >= 0.3 is 0 Å². The molecule has 5 heteroatoms. The third-order valence-corrected chi connectivity index (χ3v) is 4.46. The van der Waals surface area contributed by atoms with Crippen molar-refractivity contribution in [1.29, 1.82) is 0 Å². The van der Waals surface area contributed by atoms with E-state index in [-0.39, 0.29) is 11.8 Å². The summed E-state index contributed by atoms with van der Waals surface area (Å²) >= 11 is 0. The molecule has 130 valence electrons. The van der Waals surface area contributed by atoms with Crippen LogP contribution in [0.3, 0.4) is 0 Å². The van der Waals surface area contributed by atoms with E-state index in [0.29, 0.717) is 29.9 Å². The van der Waals surface area contributed by atoms with Gasteiger partial charge in [0.15, 0.2) is 0 Å². The quantitative estimate of drug-likeness (QED) is 0.784. The van der Waals surface area contributed by atoms with Crippen LogP contribution in [0.5, 0.6) is 0 Å². The van der Waals surface area contributed by atoms with Crippen LogP contribution in [0.2, 0.25) is 0 Å². The Labute approximate surface area is 147 Å². The van der Waals surface area contributed by atoms with Gasteiger partial charge in [0.1, 0.15) is 0 Å². The summed E-state index contributed by atoms with van der Waals surface area (Å²) in [4.78, 5) is 24.8. The number of fused-ring (bicyclic) bond motifs is 1. The molecule has 0 unspecified atom stereocenters. The zero-order valence-electron chi connectivity index (χ0n) is 14.2. The van der Waals surface area contributed by atoms with Gasteiger partial charge in [-0.25, -0.2) is 0 Å². The number of para-hydroxylation sites is 1. The highest BCUT2D eigenvalue weighted by Gasteiger charge is 2.16. The average molecular weight is 337 g/mol. The van der Waals surface area contributed by atoms with Crippen molar-refractivity contribution in [2.75, 3.05) is 18.4 Å². The SMILES string of the molecule is NCCNC(=O)c1ccccc1NC(=O)c1ccc2c(c1)CCCC2. The van der Waals surface area contributed by atoms with E-state index >= 15 is 0 Å². The summed E-state index contributed by atoms with van der Waals surface area (Å²) in [5, 5.41) is 5.59. The van der Waals surface area contributed by atoms with Gasteiger partial charge in [-0.3, -0.25) is 9.59 Å². The maximum atomic E-state index is 12.6. The molecule has 0 saturated heterocycles. The van der Waals surface area contributed by atoms with Crippen LogP contribution in [-0.2, 0) is 12.8 Å². The number of anilines is 1. The largest absolute Gasteiger partial charge is 0.351 e. The van der Waals surface area contributed by atoms with Crippen molar-refractivity contribution in [2.45, 2.75) is 25.7 Å². The van der Waals surface area contributed by atoms with Gasteiger partial charge in [0.05, 0.1) is 11.3 Å². The Hall–Kier alpha value is -2.66. The molecule has 1 aliphatic rings. The van der Waals surface area contributed by atoms with E-state index in [1.807, 2.05) is 18.2 Å². The number of hydrogen-bond acceptors (Lipinski definition) is 3. The molecule has 0 radical (unpaired) electrons. The van der Waals surface area contributed by atoms with Gasteiger partial charge in [0, 0.05) is 18.7 Å². The molecular formula is C20H23N3O2. The zero-order chi connectivity index (χ0) is 17.6.